The van der Waals surface area contributed by atoms with Crippen molar-refractivity contribution in [3.05, 3.63) is 89.0 Å². The Morgan fingerprint density at radius 3 is 2.33 bits per heavy atom. The Morgan fingerprint density at radius 2 is 1.57 bits per heavy atom. The Balaban J connectivity index is 1.83. The van der Waals surface area contributed by atoms with Gasteiger partial charge in [-0.2, -0.15) is 0 Å². The maximum absolute atomic E-state index is 12.1. The van der Waals surface area contributed by atoms with Crippen molar-refractivity contribution in [2.45, 2.75) is 0 Å². The fraction of sp³-hybridized carbons (Fsp3) is 0. The van der Waals surface area contributed by atoms with Crippen LogP contribution in [0.25, 0.3) is 16.8 Å². The van der Waals surface area contributed by atoms with Gasteiger partial charge in [-0.05, 0) is 52.7 Å². The summed E-state index contributed by atoms with van der Waals surface area (Å²) in [6.45, 7) is 0. The first kappa shape index (κ1) is 13.6. The first-order valence-electron chi connectivity index (χ1n) is 6.69. The highest BCUT2D eigenvalue weighted by atomic mass is 35.5. The third kappa shape index (κ3) is 3.21. The predicted molar refractivity (Wildman–Crippen MR) is 88.8 cm³/mol. The van der Waals surface area contributed by atoms with Crippen molar-refractivity contribution < 1.29 is 4.79 Å². The van der Waals surface area contributed by atoms with Crippen LogP contribution in [0.3, 0.4) is 0 Å². The third-order valence-corrected chi connectivity index (χ3v) is 3.58. The predicted octanol–water partition coefficient (Wildman–Crippen LogP) is 5.39. The molecule has 0 heterocycles. The van der Waals surface area contributed by atoms with Crippen molar-refractivity contribution in [3.63, 3.8) is 0 Å². The van der Waals surface area contributed by atoms with Crippen molar-refractivity contribution in [2.75, 3.05) is 0 Å². The zero-order valence-electron chi connectivity index (χ0n) is 11.3. The van der Waals surface area contributed by atoms with Crippen LogP contribution in [0.1, 0.15) is 15.9 Å². The number of carbonyl (C=O) groups is 1. The van der Waals surface area contributed by atoms with Gasteiger partial charge in [-0.3, -0.25) is 4.79 Å². The average molecular weight is 293 g/mol. The van der Waals surface area contributed by atoms with Crippen molar-refractivity contribution >= 4 is 34.2 Å². The van der Waals surface area contributed by atoms with E-state index in [0.29, 0.717) is 10.6 Å². The Bertz CT molecular complexity index is 816. The van der Waals surface area contributed by atoms with Crippen LogP contribution in [0, 0.1) is 0 Å². The van der Waals surface area contributed by atoms with Crippen LogP contribution in [0.15, 0.2) is 72.8 Å². The van der Waals surface area contributed by atoms with E-state index >= 15 is 0 Å². The summed E-state index contributed by atoms with van der Waals surface area (Å²) in [7, 11) is 0. The molecular formula is C19H13ClO. The number of halogens is 1. The smallest absolute Gasteiger partial charge is 0.185 e. The van der Waals surface area contributed by atoms with Gasteiger partial charge in [0.2, 0.25) is 0 Å². The molecule has 0 N–H and O–H groups in total. The van der Waals surface area contributed by atoms with E-state index < -0.39 is 0 Å². The molecule has 0 amide bonds. The molecule has 0 unspecified atom stereocenters. The first-order chi connectivity index (χ1) is 10.2. The van der Waals surface area contributed by atoms with Crippen LogP contribution in [0.4, 0.5) is 0 Å². The second-order valence-corrected chi connectivity index (χ2v) is 5.25. The first-order valence-corrected chi connectivity index (χ1v) is 7.07. The van der Waals surface area contributed by atoms with Gasteiger partial charge >= 0.3 is 0 Å². The summed E-state index contributed by atoms with van der Waals surface area (Å²) >= 11 is 5.82. The summed E-state index contributed by atoms with van der Waals surface area (Å²) in [6.07, 6.45) is 3.43. The number of rotatable bonds is 3. The zero-order valence-corrected chi connectivity index (χ0v) is 12.0. The van der Waals surface area contributed by atoms with E-state index in [-0.39, 0.29) is 5.78 Å². The van der Waals surface area contributed by atoms with E-state index in [1.165, 1.54) is 10.8 Å². The van der Waals surface area contributed by atoms with Gasteiger partial charge < -0.3 is 0 Å². The van der Waals surface area contributed by atoms with Crippen molar-refractivity contribution in [2.24, 2.45) is 0 Å². The van der Waals surface area contributed by atoms with Gasteiger partial charge in [-0.1, -0.05) is 54.1 Å². The SMILES string of the molecule is O=C(/C=C/c1ccc2ccccc2c1)c1ccc(Cl)cc1. The van der Waals surface area contributed by atoms with E-state index in [2.05, 4.69) is 24.3 Å². The highest BCUT2D eigenvalue weighted by Crippen LogP contribution is 2.17. The quantitative estimate of drug-likeness (QED) is 0.467. The van der Waals surface area contributed by atoms with Crippen LogP contribution in [-0.2, 0) is 0 Å². The van der Waals surface area contributed by atoms with E-state index in [1.807, 2.05) is 24.3 Å². The Morgan fingerprint density at radius 1 is 0.857 bits per heavy atom. The van der Waals surface area contributed by atoms with Crippen LogP contribution < -0.4 is 0 Å². The Labute approximate surface area is 128 Å². The van der Waals surface area contributed by atoms with Gasteiger partial charge in [0, 0.05) is 10.6 Å². The lowest BCUT2D eigenvalue weighted by atomic mass is 10.1. The zero-order chi connectivity index (χ0) is 14.7. The maximum atomic E-state index is 12.1. The van der Waals surface area contributed by atoms with E-state index in [1.54, 1.807) is 30.3 Å². The molecule has 0 aromatic heterocycles. The average Bonchev–Trinajstić information content (AvgIpc) is 2.53. The standard InChI is InChI=1S/C19H13ClO/c20-18-10-8-16(9-11-18)19(21)12-6-14-5-7-15-3-1-2-4-17(15)13-14/h1-13H/b12-6+. The van der Waals surface area contributed by atoms with Gasteiger partial charge in [0.25, 0.3) is 0 Å². The summed E-state index contributed by atoms with van der Waals surface area (Å²) < 4.78 is 0. The number of ketones is 1. The molecule has 0 spiro atoms. The van der Waals surface area contributed by atoms with Crippen LogP contribution in [0.2, 0.25) is 5.02 Å². The third-order valence-electron chi connectivity index (χ3n) is 3.33. The number of benzene rings is 3. The Kier molecular flexibility index (Phi) is 3.85. The van der Waals surface area contributed by atoms with Crippen LogP contribution in [0.5, 0.6) is 0 Å². The van der Waals surface area contributed by atoms with E-state index in [4.69, 9.17) is 11.6 Å². The summed E-state index contributed by atoms with van der Waals surface area (Å²) in [5.74, 6) is -0.0279. The van der Waals surface area contributed by atoms with E-state index in [0.717, 1.165) is 5.56 Å². The summed E-state index contributed by atoms with van der Waals surface area (Å²) in [6, 6.07) is 21.2. The molecule has 0 saturated heterocycles. The summed E-state index contributed by atoms with van der Waals surface area (Å²) in [4.78, 5) is 12.1. The van der Waals surface area contributed by atoms with Gasteiger partial charge in [0.1, 0.15) is 0 Å². The molecule has 3 rings (SSSR count). The molecule has 3 aromatic rings. The molecule has 21 heavy (non-hydrogen) atoms. The minimum atomic E-state index is -0.0279. The lowest BCUT2D eigenvalue weighted by molar-refractivity contribution is 0.104. The lowest BCUT2D eigenvalue weighted by Crippen LogP contribution is -1.93. The van der Waals surface area contributed by atoms with Crippen molar-refractivity contribution in [1.82, 2.24) is 0 Å². The topological polar surface area (TPSA) is 17.1 Å². The Hall–Kier alpha value is -2.38. The van der Waals surface area contributed by atoms with E-state index in [9.17, 15) is 4.79 Å². The fourth-order valence-electron chi connectivity index (χ4n) is 2.19. The van der Waals surface area contributed by atoms with Gasteiger partial charge in [0.05, 0.1) is 0 Å². The molecule has 0 saturated carbocycles. The summed E-state index contributed by atoms with van der Waals surface area (Å²) in [5, 5.41) is 2.99. The minimum absolute atomic E-state index is 0.0279. The molecule has 0 aliphatic rings. The number of hydrogen-bond acceptors (Lipinski definition) is 1. The highest BCUT2D eigenvalue weighted by Gasteiger charge is 2.01. The van der Waals surface area contributed by atoms with Crippen LogP contribution >= 0.6 is 11.6 Å². The number of hydrogen-bond donors (Lipinski definition) is 0. The van der Waals surface area contributed by atoms with Gasteiger partial charge in [0.15, 0.2) is 5.78 Å². The fourth-order valence-corrected chi connectivity index (χ4v) is 2.32. The molecule has 0 fully saturated rings. The molecule has 102 valence electrons. The lowest BCUT2D eigenvalue weighted by Gasteiger charge is -1.99. The highest BCUT2D eigenvalue weighted by molar-refractivity contribution is 6.30. The normalized spacial score (nSPS) is 11.1. The molecule has 0 atom stereocenters. The molecule has 0 radical (unpaired) electrons. The van der Waals surface area contributed by atoms with Gasteiger partial charge in [-0.15, -0.1) is 0 Å². The van der Waals surface area contributed by atoms with Crippen LogP contribution in [-0.4, -0.2) is 5.78 Å². The second kappa shape index (κ2) is 5.94. The second-order valence-electron chi connectivity index (χ2n) is 4.81. The molecule has 0 bridgehead atoms. The van der Waals surface area contributed by atoms with Crippen molar-refractivity contribution in [3.8, 4) is 0 Å². The molecule has 1 nitrogen and oxygen atoms in total. The number of carbonyl (C=O) groups excluding carboxylic acids is 1. The van der Waals surface area contributed by atoms with Gasteiger partial charge in [-0.25, -0.2) is 0 Å². The molecule has 0 aliphatic carbocycles. The maximum Gasteiger partial charge on any atom is 0.185 e. The molecule has 2 heteroatoms. The number of fused-ring (bicyclic) bond motifs is 1. The number of allylic oxidation sites excluding steroid dienone is 1. The van der Waals surface area contributed by atoms with Crippen molar-refractivity contribution in [1.29, 1.82) is 0 Å². The molecule has 3 aromatic carbocycles. The monoisotopic (exact) mass is 292 g/mol. The molecular weight excluding hydrogens is 280 g/mol. The summed E-state index contributed by atoms with van der Waals surface area (Å²) in [5.41, 5.74) is 1.65. The molecule has 0 aliphatic heterocycles. The largest absolute Gasteiger partial charge is 0.289 e. The minimum Gasteiger partial charge on any atom is -0.289 e.